The van der Waals surface area contributed by atoms with Crippen molar-refractivity contribution in [2.45, 2.75) is 32.2 Å². The van der Waals surface area contributed by atoms with Crippen molar-refractivity contribution in [3.63, 3.8) is 0 Å². The number of nitrogens with one attached hydrogen (secondary N) is 1. The van der Waals surface area contributed by atoms with Gasteiger partial charge in [0.25, 0.3) is 5.91 Å². The number of hydrogen-bond acceptors (Lipinski definition) is 4. The fourth-order valence-electron chi connectivity index (χ4n) is 3.02. The molecule has 0 aromatic heterocycles. The first kappa shape index (κ1) is 22.1. The number of benzene rings is 2. The molecular weight excluding hydrogens is 374 g/mol. The Balaban J connectivity index is 2.32. The van der Waals surface area contributed by atoms with E-state index in [2.05, 4.69) is 5.32 Å². The van der Waals surface area contributed by atoms with Crippen LogP contribution in [0.4, 0.5) is 5.69 Å². The summed E-state index contributed by atoms with van der Waals surface area (Å²) in [6.45, 7) is 7.04. The minimum Gasteiger partial charge on any atom is -0.322 e. The summed E-state index contributed by atoms with van der Waals surface area (Å²) in [5.74, 6) is -0.333. The number of rotatable bonds is 8. The lowest BCUT2D eigenvalue weighted by atomic mass is 10.1. The molecule has 0 heterocycles. The van der Waals surface area contributed by atoms with E-state index >= 15 is 0 Å². The molecule has 0 radical (unpaired) electrons. The smallest absolute Gasteiger partial charge is 0.255 e. The van der Waals surface area contributed by atoms with E-state index in [1.54, 1.807) is 26.0 Å². The van der Waals surface area contributed by atoms with E-state index in [0.717, 1.165) is 16.8 Å². The highest BCUT2D eigenvalue weighted by atomic mass is 32.2. The van der Waals surface area contributed by atoms with Gasteiger partial charge in [-0.25, -0.2) is 8.42 Å². The zero-order valence-corrected chi connectivity index (χ0v) is 18.0. The van der Waals surface area contributed by atoms with Gasteiger partial charge in [-0.1, -0.05) is 37.6 Å². The molecule has 1 N–H and O–H groups in total. The lowest BCUT2D eigenvalue weighted by molar-refractivity contribution is 0.102. The van der Waals surface area contributed by atoms with Gasteiger partial charge >= 0.3 is 0 Å². The Morgan fingerprint density at radius 2 is 1.71 bits per heavy atom. The van der Waals surface area contributed by atoms with Crippen LogP contribution in [0.5, 0.6) is 0 Å². The maximum absolute atomic E-state index is 12.8. The minimum absolute atomic E-state index is 0.126. The summed E-state index contributed by atoms with van der Waals surface area (Å²) in [5, 5.41) is 2.92. The number of amides is 1. The Morgan fingerprint density at radius 1 is 1.04 bits per heavy atom. The molecule has 2 aromatic carbocycles. The Hall–Kier alpha value is -2.22. The number of anilines is 1. The summed E-state index contributed by atoms with van der Waals surface area (Å²) in [6, 6.07) is 12.0. The summed E-state index contributed by atoms with van der Waals surface area (Å²) >= 11 is 0. The zero-order valence-electron chi connectivity index (χ0n) is 17.2. The van der Waals surface area contributed by atoms with Gasteiger partial charge in [-0.3, -0.25) is 4.79 Å². The second kappa shape index (κ2) is 9.32. The van der Waals surface area contributed by atoms with Crippen molar-refractivity contribution in [2.75, 3.05) is 32.5 Å². The summed E-state index contributed by atoms with van der Waals surface area (Å²) in [6.07, 6.45) is 0. The third-order valence-electron chi connectivity index (χ3n) is 4.43. The van der Waals surface area contributed by atoms with Crippen molar-refractivity contribution < 1.29 is 13.2 Å². The first-order valence-corrected chi connectivity index (χ1v) is 10.8. The number of nitrogens with zero attached hydrogens (tertiary/aromatic N) is 2. The summed E-state index contributed by atoms with van der Waals surface area (Å²) < 4.78 is 26.8. The molecular formula is C21H29N3O3S. The van der Waals surface area contributed by atoms with Crippen LogP contribution in [0.1, 0.15) is 35.3 Å². The molecule has 0 aliphatic heterocycles. The fraction of sp³-hybridized carbons (Fsp3) is 0.381. The molecule has 2 aromatic rings. The minimum atomic E-state index is -3.61. The van der Waals surface area contributed by atoms with Gasteiger partial charge < -0.3 is 10.2 Å². The average Bonchev–Trinajstić information content (AvgIpc) is 2.64. The van der Waals surface area contributed by atoms with Gasteiger partial charge in [0, 0.05) is 30.9 Å². The lowest BCUT2D eigenvalue weighted by Gasteiger charge is -2.19. The molecule has 152 valence electrons. The van der Waals surface area contributed by atoms with Gasteiger partial charge in [-0.05, 0) is 50.8 Å². The number of aryl methyl sites for hydroxylation is 1. The number of carbonyl (C=O) groups is 1. The van der Waals surface area contributed by atoms with Crippen molar-refractivity contribution >= 4 is 21.6 Å². The van der Waals surface area contributed by atoms with Crippen LogP contribution < -0.4 is 5.32 Å². The van der Waals surface area contributed by atoms with E-state index < -0.39 is 10.0 Å². The Kier molecular flexibility index (Phi) is 7.35. The molecule has 1 amide bonds. The second-order valence-corrected chi connectivity index (χ2v) is 8.91. The largest absolute Gasteiger partial charge is 0.322 e. The molecule has 0 fully saturated rings. The van der Waals surface area contributed by atoms with Gasteiger partial charge in [-0.15, -0.1) is 0 Å². The van der Waals surface area contributed by atoms with E-state index in [1.165, 1.54) is 16.4 Å². The average molecular weight is 404 g/mol. The number of hydrogen-bond donors (Lipinski definition) is 1. The van der Waals surface area contributed by atoms with Crippen LogP contribution in [-0.4, -0.2) is 50.7 Å². The highest BCUT2D eigenvalue weighted by molar-refractivity contribution is 7.89. The second-order valence-electron chi connectivity index (χ2n) is 6.97. The topological polar surface area (TPSA) is 69.7 Å². The molecule has 2 rings (SSSR count). The van der Waals surface area contributed by atoms with Crippen LogP contribution in [0.2, 0.25) is 0 Å². The van der Waals surface area contributed by atoms with Crippen molar-refractivity contribution in [1.82, 2.24) is 9.21 Å². The Morgan fingerprint density at radius 3 is 2.32 bits per heavy atom. The molecule has 0 bridgehead atoms. The standard InChI is InChI=1S/C21H29N3O3S/c1-6-24(7-2)28(26,27)19-10-8-9-17(14-19)21(25)22-20-12-11-16(3)13-18(20)15-23(4)5/h8-14H,6-7,15H2,1-5H3,(H,22,25). The van der Waals surface area contributed by atoms with Gasteiger partial charge in [0.2, 0.25) is 10.0 Å². The summed E-state index contributed by atoms with van der Waals surface area (Å²) in [7, 11) is 0.322. The predicted molar refractivity (Wildman–Crippen MR) is 113 cm³/mol. The number of sulfonamides is 1. The molecule has 28 heavy (non-hydrogen) atoms. The van der Waals surface area contributed by atoms with Crippen LogP contribution >= 0.6 is 0 Å². The normalized spacial score (nSPS) is 11.8. The lowest BCUT2D eigenvalue weighted by Crippen LogP contribution is -2.30. The van der Waals surface area contributed by atoms with Gasteiger partial charge in [0.15, 0.2) is 0 Å². The predicted octanol–water partition coefficient (Wildman–Crippen LogP) is 3.34. The van der Waals surface area contributed by atoms with E-state index in [-0.39, 0.29) is 10.8 Å². The molecule has 0 spiro atoms. The van der Waals surface area contributed by atoms with Gasteiger partial charge in [0.05, 0.1) is 4.90 Å². The maximum atomic E-state index is 12.8. The van der Waals surface area contributed by atoms with Crippen LogP contribution in [0.3, 0.4) is 0 Å². The molecule has 0 aliphatic rings. The summed E-state index contributed by atoms with van der Waals surface area (Å²) in [5.41, 5.74) is 3.15. The monoisotopic (exact) mass is 403 g/mol. The first-order chi connectivity index (χ1) is 13.2. The molecule has 0 unspecified atom stereocenters. The van der Waals surface area contributed by atoms with Crippen molar-refractivity contribution in [2.24, 2.45) is 0 Å². The van der Waals surface area contributed by atoms with Crippen molar-refractivity contribution in [3.8, 4) is 0 Å². The number of carbonyl (C=O) groups excluding carboxylic acids is 1. The SMILES string of the molecule is CCN(CC)S(=O)(=O)c1cccc(C(=O)Nc2ccc(C)cc2CN(C)C)c1. The van der Waals surface area contributed by atoms with Crippen LogP contribution in [0.25, 0.3) is 0 Å². The van der Waals surface area contributed by atoms with Crippen molar-refractivity contribution in [1.29, 1.82) is 0 Å². The highest BCUT2D eigenvalue weighted by Crippen LogP contribution is 2.21. The Bertz CT molecular complexity index is 936. The van der Waals surface area contributed by atoms with Crippen molar-refractivity contribution in [3.05, 3.63) is 59.2 Å². The quantitative estimate of drug-likeness (QED) is 0.734. The third-order valence-corrected chi connectivity index (χ3v) is 6.48. The van der Waals surface area contributed by atoms with Crippen LogP contribution in [0.15, 0.2) is 47.4 Å². The maximum Gasteiger partial charge on any atom is 0.255 e. The van der Waals surface area contributed by atoms with Crippen LogP contribution in [0, 0.1) is 6.92 Å². The highest BCUT2D eigenvalue weighted by Gasteiger charge is 2.22. The van der Waals surface area contributed by atoms with E-state index in [9.17, 15) is 13.2 Å². The fourth-order valence-corrected chi connectivity index (χ4v) is 4.53. The van der Waals surface area contributed by atoms with Gasteiger partial charge in [-0.2, -0.15) is 4.31 Å². The zero-order chi connectivity index (χ0) is 20.9. The third kappa shape index (κ3) is 5.19. The van der Waals surface area contributed by atoms with E-state index in [0.29, 0.717) is 25.2 Å². The summed E-state index contributed by atoms with van der Waals surface area (Å²) in [4.78, 5) is 14.9. The molecule has 0 saturated carbocycles. The van der Waals surface area contributed by atoms with Gasteiger partial charge in [0.1, 0.15) is 0 Å². The van der Waals surface area contributed by atoms with Crippen LogP contribution in [-0.2, 0) is 16.6 Å². The molecule has 0 saturated heterocycles. The molecule has 6 nitrogen and oxygen atoms in total. The first-order valence-electron chi connectivity index (χ1n) is 9.34. The van der Waals surface area contributed by atoms with E-state index in [4.69, 9.17) is 0 Å². The molecule has 0 atom stereocenters. The Labute approximate surface area is 168 Å². The van der Waals surface area contributed by atoms with E-state index in [1.807, 2.05) is 44.1 Å². The molecule has 7 heteroatoms. The molecule has 0 aliphatic carbocycles.